The molecule has 0 saturated heterocycles. The van der Waals surface area contributed by atoms with Crippen LogP contribution in [0.15, 0.2) is 89.6 Å². The highest BCUT2D eigenvalue weighted by atomic mass is 35.5. The number of rotatable bonds is 4. The molecule has 4 nitrogen and oxygen atoms in total. The van der Waals surface area contributed by atoms with E-state index in [1.54, 1.807) is 48.5 Å². The highest BCUT2D eigenvalue weighted by molar-refractivity contribution is 6.50. The van der Waals surface area contributed by atoms with Gasteiger partial charge in [-0.05, 0) is 29.7 Å². The van der Waals surface area contributed by atoms with Crippen molar-refractivity contribution in [2.45, 2.75) is 0 Å². The number of halogens is 3. The van der Waals surface area contributed by atoms with Crippen molar-refractivity contribution in [1.29, 1.82) is 0 Å². The Bertz CT molecular complexity index is 1490. The van der Waals surface area contributed by atoms with Gasteiger partial charge in [0, 0.05) is 22.2 Å². The number of Topliss-reactive ketones (excluding diaryl/α,β-unsaturated/α-hetero) is 2. The lowest BCUT2D eigenvalue weighted by molar-refractivity contribution is 0.0982. The number of hydrogen-bond donors (Lipinski definition) is 1. The topological polar surface area (TPSA) is 55.4 Å². The van der Waals surface area contributed by atoms with Crippen LogP contribution in [0.25, 0.3) is 10.8 Å². The van der Waals surface area contributed by atoms with Gasteiger partial charge in [0.2, 0.25) is 11.6 Å². The molecule has 0 unspecified atom stereocenters. The number of carbonyl (C=O) groups excluding carboxylic acids is 2. The molecule has 0 spiro atoms. The van der Waals surface area contributed by atoms with Crippen molar-refractivity contribution < 1.29 is 14.3 Å². The highest BCUT2D eigenvalue weighted by Gasteiger charge is 2.31. The molecule has 1 aliphatic rings. The zero-order chi connectivity index (χ0) is 23.1. The van der Waals surface area contributed by atoms with E-state index in [-0.39, 0.29) is 27.1 Å². The van der Waals surface area contributed by atoms with Gasteiger partial charge in [0.25, 0.3) is 0 Å². The predicted octanol–water partition coefficient (Wildman–Crippen LogP) is 7.88. The molecule has 0 fully saturated rings. The average Bonchev–Trinajstić information content (AvgIpc) is 2.83. The van der Waals surface area contributed by atoms with Gasteiger partial charge in [-0.25, -0.2) is 0 Å². The maximum atomic E-state index is 12.9. The van der Waals surface area contributed by atoms with Gasteiger partial charge in [-0.2, -0.15) is 0 Å². The summed E-state index contributed by atoms with van der Waals surface area (Å²) in [4.78, 5) is 25.5. The van der Waals surface area contributed by atoms with Crippen molar-refractivity contribution in [3.8, 4) is 11.5 Å². The van der Waals surface area contributed by atoms with Gasteiger partial charge in [0.1, 0.15) is 22.2 Å². The predicted molar refractivity (Wildman–Crippen MR) is 132 cm³/mol. The summed E-state index contributed by atoms with van der Waals surface area (Å²) in [6, 6.07) is 22.9. The lowest BCUT2D eigenvalue weighted by atomic mass is 9.92. The SMILES string of the molecule is O=C1C(Cl)=C(Nc2ccc(Oc3ccc4ccccc4c3Cl)c(Cl)c2)C(=O)c2ccccc21. The van der Waals surface area contributed by atoms with Crippen molar-refractivity contribution in [3.63, 3.8) is 0 Å². The third kappa shape index (κ3) is 3.87. The third-order valence-electron chi connectivity index (χ3n) is 5.31. The van der Waals surface area contributed by atoms with E-state index in [2.05, 4.69) is 5.32 Å². The molecule has 0 heterocycles. The number of allylic oxidation sites excluding steroid dienone is 2. The summed E-state index contributed by atoms with van der Waals surface area (Å²) < 4.78 is 5.95. The van der Waals surface area contributed by atoms with Gasteiger partial charge >= 0.3 is 0 Å². The zero-order valence-corrected chi connectivity index (χ0v) is 19.1. The second-order valence-corrected chi connectivity index (χ2v) is 8.53. The number of fused-ring (bicyclic) bond motifs is 2. The van der Waals surface area contributed by atoms with Gasteiger partial charge in [0.05, 0.1) is 10.0 Å². The molecule has 0 aliphatic heterocycles. The minimum Gasteiger partial charge on any atom is -0.454 e. The summed E-state index contributed by atoms with van der Waals surface area (Å²) in [5.74, 6) is 0.0743. The Hall–Kier alpha value is -3.31. The third-order valence-corrected chi connectivity index (χ3v) is 6.36. The zero-order valence-electron chi connectivity index (χ0n) is 16.9. The molecule has 0 saturated carbocycles. The first-order chi connectivity index (χ1) is 15.9. The van der Waals surface area contributed by atoms with E-state index >= 15 is 0 Å². The first kappa shape index (κ1) is 21.5. The standard InChI is InChI=1S/C26H14Cl3NO3/c27-19-13-15(30-24-23(29)25(31)17-7-3-4-8-18(17)26(24)32)10-12-20(19)33-21-11-9-14-5-1-2-6-16(14)22(21)28/h1-13,30H. The second kappa shape index (κ2) is 8.56. The van der Waals surface area contributed by atoms with Crippen LogP contribution in [0.2, 0.25) is 10.0 Å². The fraction of sp³-hybridized carbons (Fsp3) is 0. The molecule has 0 bridgehead atoms. The van der Waals surface area contributed by atoms with Crippen LogP contribution in [-0.4, -0.2) is 11.6 Å². The van der Waals surface area contributed by atoms with Crippen LogP contribution >= 0.6 is 34.8 Å². The van der Waals surface area contributed by atoms with Gasteiger partial charge in [-0.3, -0.25) is 9.59 Å². The van der Waals surface area contributed by atoms with Gasteiger partial charge in [0.15, 0.2) is 0 Å². The average molecular weight is 495 g/mol. The van der Waals surface area contributed by atoms with Crippen molar-refractivity contribution in [2.75, 3.05) is 5.32 Å². The van der Waals surface area contributed by atoms with Crippen LogP contribution in [-0.2, 0) is 0 Å². The summed E-state index contributed by atoms with van der Waals surface area (Å²) in [5, 5.41) is 5.40. The molecule has 4 aromatic rings. The molecule has 7 heteroatoms. The summed E-state index contributed by atoms with van der Waals surface area (Å²) in [5.41, 5.74) is 1.06. The second-order valence-electron chi connectivity index (χ2n) is 7.36. The number of hydrogen-bond acceptors (Lipinski definition) is 4. The van der Waals surface area contributed by atoms with E-state index in [1.807, 2.05) is 30.3 Å². The summed E-state index contributed by atoms with van der Waals surface area (Å²) in [7, 11) is 0. The molecule has 162 valence electrons. The molecular weight excluding hydrogens is 481 g/mol. The number of ether oxygens (including phenoxy) is 1. The molecule has 0 atom stereocenters. The van der Waals surface area contributed by atoms with Gasteiger partial charge in [-0.15, -0.1) is 0 Å². The first-order valence-electron chi connectivity index (χ1n) is 9.94. The first-order valence-corrected chi connectivity index (χ1v) is 11.1. The van der Waals surface area contributed by atoms with E-state index < -0.39 is 5.78 Å². The maximum absolute atomic E-state index is 12.9. The van der Waals surface area contributed by atoms with E-state index in [0.29, 0.717) is 27.8 Å². The lowest BCUT2D eigenvalue weighted by Crippen LogP contribution is -2.24. The van der Waals surface area contributed by atoms with Crippen LogP contribution < -0.4 is 10.1 Å². The Labute approximate surface area is 204 Å². The fourth-order valence-electron chi connectivity index (χ4n) is 3.67. The molecule has 5 rings (SSSR count). The minimum atomic E-state index is -0.411. The number of anilines is 1. The Morgan fingerprint density at radius 3 is 2.12 bits per heavy atom. The number of nitrogens with one attached hydrogen (secondary N) is 1. The molecule has 0 amide bonds. The monoisotopic (exact) mass is 493 g/mol. The van der Waals surface area contributed by atoms with E-state index in [1.165, 1.54) is 0 Å². The summed E-state index contributed by atoms with van der Waals surface area (Å²) >= 11 is 19.2. The molecular formula is C26H14Cl3NO3. The normalized spacial score (nSPS) is 13.3. The molecule has 1 aliphatic carbocycles. The summed E-state index contributed by atoms with van der Waals surface area (Å²) in [6.45, 7) is 0. The number of ketones is 2. The quantitative estimate of drug-likeness (QED) is 0.313. The Morgan fingerprint density at radius 1 is 0.697 bits per heavy atom. The Kier molecular flexibility index (Phi) is 5.59. The van der Waals surface area contributed by atoms with Crippen molar-refractivity contribution in [3.05, 3.63) is 111 Å². The number of carbonyl (C=O) groups is 2. The largest absolute Gasteiger partial charge is 0.454 e. The smallest absolute Gasteiger partial charge is 0.211 e. The fourth-order valence-corrected chi connectivity index (χ4v) is 4.40. The lowest BCUT2D eigenvalue weighted by Gasteiger charge is -2.19. The van der Waals surface area contributed by atoms with E-state index in [9.17, 15) is 9.59 Å². The molecule has 1 N–H and O–H groups in total. The van der Waals surface area contributed by atoms with E-state index in [4.69, 9.17) is 39.5 Å². The van der Waals surface area contributed by atoms with Crippen LogP contribution in [0.4, 0.5) is 5.69 Å². The molecule has 4 aromatic carbocycles. The van der Waals surface area contributed by atoms with E-state index in [0.717, 1.165) is 10.8 Å². The Morgan fingerprint density at radius 2 is 1.36 bits per heavy atom. The number of benzene rings is 4. The van der Waals surface area contributed by atoms with Crippen molar-refractivity contribution >= 4 is 62.8 Å². The van der Waals surface area contributed by atoms with Gasteiger partial charge in [-0.1, -0.05) is 89.4 Å². The highest BCUT2D eigenvalue weighted by Crippen LogP contribution is 2.39. The van der Waals surface area contributed by atoms with Crippen LogP contribution in [0, 0.1) is 0 Å². The minimum absolute atomic E-state index is 0.00248. The van der Waals surface area contributed by atoms with Crippen LogP contribution in [0.1, 0.15) is 20.7 Å². The maximum Gasteiger partial charge on any atom is 0.211 e. The van der Waals surface area contributed by atoms with Crippen LogP contribution in [0.3, 0.4) is 0 Å². The molecule has 0 radical (unpaired) electrons. The van der Waals surface area contributed by atoms with Crippen molar-refractivity contribution in [1.82, 2.24) is 0 Å². The van der Waals surface area contributed by atoms with Gasteiger partial charge < -0.3 is 10.1 Å². The van der Waals surface area contributed by atoms with Crippen molar-refractivity contribution in [2.24, 2.45) is 0 Å². The molecule has 0 aromatic heterocycles. The van der Waals surface area contributed by atoms with Crippen LogP contribution in [0.5, 0.6) is 11.5 Å². The Balaban J connectivity index is 1.42. The summed E-state index contributed by atoms with van der Waals surface area (Å²) in [6.07, 6.45) is 0. The molecule has 33 heavy (non-hydrogen) atoms.